The number of benzene rings is 8. The van der Waals surface area contributed by atoms with E-state index in [1.807, 2.05) is 48.5 Å². The van der Waals surface area contributed by atoms with Crippen molar-refractivity contribution in [3.63, 3.8) is 0 Å². The highest BCUT2D eigenvalue weighted by molar-refractivity contribution is 6.17. The van der Waals surface area contributed by atoms with Crippen molar-refractivity contribution < 1.29 is 8.83 Å². The number of aromatic nitrogens is 1. The van der Waals surface area contributed by atoms with Crippen LogP contribution in [-0.4, -0.2) is 4.98 Å². The number of anilines is 3. The van der Waals surface area contributed by atoms with Gasteiger partial charge >= 0.3 is 0 Å². The van der Waals surface area contributed by atoms with E-state index in [4.69, 9.17) is 13.8 Å². The van der Waals surface area contributed by atoms with Crippen molar-refractivity contribution in [2.45, 2.75) is 0 Å². The number of nitrogens with zero attached hydrogens (tertiary/aromatic N) is 2. The molecule has 2 aromatic heterocycles. The normalized spacial score (nSPS) is 11.5. The SMILES string of the molecule is c1ccc(-c2ccc(N(c3ccc4c(c3)oc3ccc5nc(-c6ccccc6)oc5c34)c3ccc(-c4ccccc4)c4ccccc34)cc2)cc1. The third-order valence-corrected chi connectivity index (χ3v) is 9.71. The third-order valence-electron chi connectivity index (χ3n) is 9.71. The second-order valence-corrected chi connectivity index (χ2v) is 12.7. The molecule has 0 amide bonds. The zero-order valence-corrected chi connectivity index (χ0v) is 27.5. The van der Waals surface area contributed by atoms with Gasteiger partial charge in [0.15, 0.2) is 5.58 Å². The van der Waals surface area contributed by atoms with Crippen LogP contribution < -0.4 is 4.90 Å². The molecule has 10 aromatic rings. The minimum Gasteiger partial charge on any atom is -0.456 e. The van der Waals surface area contributed by atoms with E-state index in [0.29, 0.717) is 5.89 Å². The monoisotopic (exact) mass is 654 g/mol. The fraction of sp³-hybridized carbons (Fsp3) is 0. The van der Waals surface area contributed by atoms with Crippen LogP contribution in [0.1, 0.15) is 0 Å². The highest BCUT2D eigenvalue weighted by atomic mass is 16.4. The molecule has 0 radical (unpaired) electrons. The maximum Gasteiger partial charge on any atom is 0.227 e. The first-order chi connectivity index (χ1) is 25.3. The summed E-state index contributed by atoms with van der Waals surface area (Å²) in [6.45, 7) is 0. The van der Waals surface area contributed by atoms with Crippen molar-refractivity contribution in [3.8, 4) is 33.7 Å². The molecular formula is C47H30N2O2. The largest absolute Gasteiger partial charge is 0.456 e. The van der Waals surface area contributed by atoms with E-state index >= 15 is 0 Å². The van der Waals surface area contributed by atoms with Gasteiger partial charge in [0.1, 0.15) is 16.7 Å². The van der Waals surface area contributed by atoms with E-state index in [1.165, 1.54) is 27.6 Å². The topological polar surface area (TPSA) is 42.4 Å². The molecule has 0 N–H and O–H groups in total. The van der Waals surface area contributed by atoms with Crippen molar-refractivity contribution in [2.24, 2.45) is 0 Å². The summed E-state index contributed by atoms with van der Waals surface area (Å²) in [5.41, 5.74) is 11.9. The molecule has 51 heavy (non-hydrogen) atoms. The number of fused-ring (bicyclic) bond motifs is 6. The van der Waals surface area contributed by atoms with Gasteiger partial charge in [-0.3, -0.25) is 0 Å². The standard InChI is InChI=1S/C47H30N2O2/c1-4-12-31(13-5-1)32-20-22-35(23-21-32)49(42-28-26-37(33-14-6-2-7-15-33)38-18-10-11-19-39(38)42)36-24-25-40-44(30-36)50-43-29-27-41-46(45(40)43)51-47(48-41)34-16-8-3-9-17-34/h1-30H. The highest BCUT2D eigenvalue weighted by Crippen LogP contribution is 2.44. The summed E-state index contributed by atoms with van der Waals surface area (Å²) in [4.78, 5) is 7.14. The Balaban J connectivity index is 1.16. The van der Waals surface area contributed by atoms with Gasteiger partial charge in [0, 0.05) is 33.8 Å². The summed E-state index contributed by atoms with van der Waals surface area (Å²) in [6, 6.07) is 63.5. The summed E-state index contributed by atoms with van der Waals surface area (Å²) in [5.74, 6) is 0.597. The molecular weight excluding hydrogens is 625 g/mol. The van der Waals surface area contributed by atoms with Crippen LogP contribution in [0, 0.1) is 0 Å². The van der Waals surface area contributed by atoms with Gasteiger partial charge in [0.05, 0.1) is 11.1 Å². The quantitative estimate of drug-likeness (QED) is 0.179. The molecule has 4 nitrogen and oxygen atoms in total. The molecule has 8 aromatic carbocycles. The van der Waals surface area contributed by atoms with Crippen molar-refractivity contribution in [2.75, 3.05) is 4.90 Å². The van der Waals surface area contributed by atoms with Crippen molar-refractivity contribution in [1.29, 1.82) is 0 Å². The Morgan fingerprint density at radius 2 is 1.04 bits per heavy atom. The molecule has 0 fully saturated rings. The maximum absolute atomic E-state index is 6.57. The molecule has 0 aliphatic heterocycles. The van der Waals surface area contributed by atoms with E-state index in [0.717, 1.165) is 61.1 Å². The predicted molar refractivity (Wildman–Crippen MR) is 210 cm³/mol. The third kappa shape index (κ3) is 4.96. The molecule has 0 bridgehead atoms. The molecule has 0 saturated heterocycles. The van der Waals surface area contributed by atoms with Gasteiger partial charge in [-0.2, -0.15) is 0 Å². The summed E-state index contributed by atoms with van der Waals surface area (Å²) in [7, 11) is 0. The molecule has 0 spiro atoms. The number of rotatable bonds is 6. The Hall–Kier alpha value is -6.91. The number of oxazole rings is 1. The first kappa shape index (κ1) is 29.0. The van der Waals surface area contributed by atoms with Crippen LogP contribution in [0.5, 0.6) is 0 Å². The van der Waals surface area contributed by atoms with E-state index in [-0.39, 0.29) is 0 Å². The van der Waals surface area contributed by atoms with E-state index < -0.39 is 0 Å². The Labute approximate surface area is 294 Å². The molecule has 0 aliphatic carbocycles. The lowest BCUT2D eigenvalue weighted by Crippen LogP contribution is -2.10. The molecule has 0 saturated carbocycles. The molecule has 0 atom stereocenters. The van der Waals surface area contributed by atoms with Gasteiger partial charge in [-0.1, -0.05) is 121 Å². The van der Waals surface area contributed by atoms with E-state index in [2.05, 4.69) is 138 Å². The average Bonchev–Trinajstić information content (AvgIpc) is 3.81. The second kappa shape index (κ2) is 11.9. The number of hydrogen-bond acceptors (Lipinski definition) is 4. The van der Waals surface area contributed by atoms with Gasteiger partial charge in [-0.05, 0) is 82.2 Å². The van der Waals surface area contributed by atoms with Crippen molar-refractivity contribution >= 4 is 60.9 Å². The predicted octanol–water partition coefficient (Wildman–Crippen LogP) is 13.4. The maximum atomic E-state index is 6.57. The summed E-state index contributed by atoms with van der Waals surface area (Å²) < 4.78 is 13.0. The Bertz CT molecular complexity index is 2840. The summed E-state index contributed by atoms with van der Waals surface area (Å²) in [6.07, 6.45) is 0. The molecule has 0 aliphatic rings. The lowest BCUT2D eigenvalue weighted by molar-refractivity contribution is 0.622. The molecule has 4 heteroatoms. The number of hydrogen-bond donors (Lipinski definition) is 0. The molecule has 0 unspecified atom stereocenters. The fourth-order valence-corrected chi connectivity index (χ4v) is 7.29. The zero-order chi connectivity index (χ0) is 33.7. The Morgan fingerprint density at radius 1 is 0.412 bits per heavy atom. The van der Waals surface area contributed by atoms with Crippen LogP contribution >= 0.6 is 0 Å². The Morgan fingerprint density at radius 3 is 1.78 bits per heavy atom. The summed E-state index contributed by atoms with van der Waals surface area (Å²) >= 11 is 0. The van der Waals surface area contributed by atoms with Crippen LogP contribution in [0.4, 0.5) is 17.1 Å². The van der Waals surface area contributed by atoms with Gasteiger partial charge in [0.2, 0.25) is 5.89 Å². The van der Waals surface area contributed by atoms with Gasteiger partial charge < -0.3 is 13.7 Å². The lowest BCUT2D eigenvalue weighted by atomic mass is 9.96. The summed E-state index contributed by atoms with van der Waals surface area (Å²) in [5, 5.41) is 4.27. The lowest BCUT2D eigenvalue weighted by Gasteiger charge is -2.27. The van der Waals surface area contributed by atoms with Crippen LogP contribution in [0.25, 0.3) is 77.5 Å². The molecule has 240 valence electrons. The molecule has 10 rings (SSSR count). The Kier molecular flexibility index (Phi) is 6.78. The van der Waals surface area contributed by atoms with Crippen LogP contribution in [-0.2, 0) is 0 Å². The van der Waals surface area contributed by atoms with Gasteiger partial charge in [-0.15, -0.1) is 0 Å². The van der Waals surface area contributed by atoms with Crippen molar-refractivity contribution in [3.05, 3.63) is 182 Å². The van der Waals surface area contributed by atoms with Gasteiger partial charge in [-0.25, -0.2) is 4.98 Å². The van der Waals surface area contributed by atoms with E-state index in [9.17, 15) is 0 Å². The van der Waals surface area contributed by atoms with Gasteiger partial charge in [0.25, 0.3) is 0 Å². The average molecular weight is 655 g/mol. The highest BCUT2D eigenvalue weighted by Gasteiger charge is 2.21. The minimum atomic E-state index is 0.597. The fourth-order valence-electron chi connectivity index (χ4n) is 7.29. The zero-order valence-electron chi connectivity index (χ0n) is 27.5. The van der Waals surface area contributed by atoms with E-state index in [1.54, 1.807) is 0 Å². The number of furan rings is 1. The van der Waals surface area contributed by atoms with Crippen LogP contribution in [0.2, 0.25) is 0 Å². The smallest absolute Gasteiger partial charge is 0.227 e. The first-order valence-corrected chi connectivity index (χ1v) is 17.1. The first-order valence-electron chi connectivity index (χ1n) is 17.1. The second-order valence-electron chi connectivity index (χ2n) is 12.7. The minimum absolute atomic E-state index is 0.597. The molecule has 2 heterocycles. The van der Waals surface area contributed by atoms with Crippen molar-refractivity contribution in [1.82, 2.24) is 4.98 Å². The van der Waals surface area contributed by atoms with Crippen LogP contribution in [0.3, 0.4) is 0 Å². The van der Waals surface area contributed by atoms with Crippen LogP contribution in [0.15, 0.2) is 191 Å².